The Balaban J connectivity index is 1.38. The van der Waals surface area contributed by atoms with E-state index in [0.29, 0.717) is 0 Å². The van der Waals surface area contributed by atoms with Crippen LogP contribution in [0.4, 0.5) is 0 Å². The Bertz CT molecular complexity index is 500. The summed E-state index contributed by atoms with van der Waals surface area (Å²) >= 11 is 0. The van der Waals surface area contributed by atoms with Gasteiger partial charge in [-0.25, -0.2) is 0 Å². The first-order valence-electron chi connectivity index (χ1n) is 11.1. The number of guanidine groups is 1. The lowest BCUT2D eigenvalue weighted by Gasteiger charge is -2.43. The van der Waals surface area contributed by atoms with E-state index >= 15 is 0 Å². The molecule has 0 radical (unpaired) electrons. The summed E-state index contributed by atoms with van der Waals surface area (Å²) < 4.78 is 5.39. The molecular weight excluding hydrogens is 336 g/mol. The van der Waals surface area contributed by atoms with Crippen molar-refractivity contribution < 1.29 is 4.74 Å². The predicted molar refractivity (Wildman–Crippen MR) is 113 cm³/mol. The van der Waals surface area contributed by atoms with Gasteiger partial charge >= 0.3 is 0 Å². The minimum Gasteiger partial charge on any atom is -0.377 e. The molecule has 1 N–H and O–H groups in total. The number of aliphatic imine (C=N–C) groups is 1. The topological polar surface area (TPSA) is 40.1 Å². The van der Waals surface area contributed by atoms with Gasteiger partial charge in [0.05, 0.1) is 13.2 Å². The van der Waals surface area contributed by atoms with E-state index in [0.717, 1.165) is 69.5 Å². The second-order valence-electron chi connectivity index (χ2n) is 8.75. The molecule has 5 nitrogen and oxygen atoms in total. The summed E-state index contributed by atoms with van der Waals surface area (Å²) in [5, 5.41) is 3.57. The number of hydrogen-bond acceptors (Lipinski definition) is 3. The molecule has 2 fully saturated rings. The number of ether oxygens (including phenoxy) is 1. The third-order valence-corrected chi connectivity index (χ3v) is 6.81. The van der Waals surface area contributed by atoms with Crippen LogP contribution in [-0.4, -0.2) is 74.8 Å². The molecule has 27 heavy (non-hydrogen) atoms. The Labute approximate surface area is 166 Å². The number of piperazine rings is 1. The van der Waals surface area contributed by atoms with Crippen LogP contribution in [0.15, 0.2) is 16.6 Å². The molecule has 0 aromatic carbocycles. The first-order chi connectivity index (χ1) is 13.2. The van der Waals surface area contributed by atoms with Crippen molar-refractivity contribution in [2.24, 2.45) is 16.8 Å². The minimum absolute atomic E-state index is 0.783. The normalized spacial score (nSPS) is 28.4. The second-order valence-corrected chi connectivity index (χ2v) is 8.75. The highest BCUT2D eigenvalue weighted by molar-refractivity contribution is 5.80. The van der Waals surface area contributed by atoms with Crippen molar-refractivity contribution in [1.29, 1.82) is 0 Å². The van der Waals surface area contributed by atoms with Crippen LogP contribution in [-0.2, 0) is 4.74 Å². The van der Waals surface area contributed by atoms with Crippen molar-refractivity contribution in [2.45, 2.75) is 58.4 Å². The lowest BCUT2D eigenvalue weighted by atomic mass is 9.79. The van der Waals surface area contributed by atoms with E-state index in [-0.39, 0.29) is 0 Å². The molecule has 3 aliphatic rings. The molecule has 1 saturated carbocycles. The van der Waals surface area contributed by atoms with E-state index in [1.165, 1.54) is 44.3 Å². The minimum atomic E-state index is 0.783. The molecule has 1 aliphatic carbocycles. The van der Waals surface area contributed by atoms with Gasteiger partial charge in [-0.05, 0) is 50.4 Å². The van der Waals surface area contributed by atoms with Crippen LogP contribution in [0.1, 0.15) is 52.4 Å². The third kappa shape index (κ3) is 5.95. The molecule has 2 heterocycles. The first kappa shape index (κ1) is 20.7. The van der Waals surface area contributed by atoms with Crippen LogP contribution >= 0.6 is 0 Å². The molecule has 0 unspecified atom stereocenters. The molecule has 0 atom stereocenters. The van der Waals surface area contributed by atoms with Gasteiger partial charge in [0.15, 0.2) is 5.96 Å². The van der Waals surface area contributed by atoms with Gasteiger partial charge in [0.2, 0.25) is 0 Å². The fourth-order valence-corrected chi connectivity index (χ4v) is 4.89. The van der Waals surface area contributed by atoms with E-state index in [4.69, 9.17) is 4.74 Å². The number of rotatable bonds is 5. The maximum absolute atomic E-state index is 5.39. The van der Waals surface area contributed by atoms with E-state index in [1.54, 1.807) is 0 Å². The summed E-state index contributed by atoms with van der Waals surface area (Å²) in [7, 11) is 1.91. The van der Waals surface area contributed by atoms with Crippen LogP contribution in [0.25, 0.3) is 0 Å². The van der Waals surface area contributed by atoms with Gasteiger partial charge in [0, 0.05) is 45.8 Å². The van der Waals surface area contributed by atoms with Gasteiger partial charge in [-0.2, -0.15) is 0 Å². The van der Waals surface area contributed by atoms with E-state index in [2.05, 4.69) is 40.0 Å². The van der Waals surface area contributed by atoms with Gasteiger partial charge < -0.3 is 15.0 Å². The van der Waals surface area contributed by atoms with Crippen molar-refractivity contribution in [1.82, 2.24) is 15.1 Å². The fourth-order valence-electron chi connectivity index (χ4n) is 4.89. The third-order valence-electron chi connectivity index (χ3n) is 6.81. The van der Waals surface area contributed by atoms with Crippen molar-refractivity contribution in [3.63, 3.8) is 0 Å². The zero-order chi connectivity index (χ0) is 19.1. The second kappa shape index (κ2) is 10.5. The highest BCUT2D eigenvalue weighted by atomic mass is 16.5. The molecule has 0 amide bonds. The van der Waals surface area contributed by atoms with Gasteiger partial charge in [0.1, 0.15) is 0 Å². The summed E-state index contributed by atoms with van der Waals surface area (Å²) in [4.78, 5) is 9.71. The van der Waals surface area contributed by atoms with E-state index in [9.17, 15) is 0 Å². The van der Waals surface area contributed by atoms with Crippen LogP contribution < -0.4 is 5.32 Å². The lowest BCUT2D eigenvalue weighted by Crippen LogP contribution is -2.55. The molecule has 0 aromatic heterocycles. The number of nitrogens with one attached hydrogen (secondary N) is 1. The Kier molecular flexibility index (Phi) is 8.01. The maximum Gasteiger partial charge on any atom is 0.193 e. The molecule has 3 rings (SSSR count). The number of hydrogen-bond donors (Lipinski definition) is 1. The molecule has 154 valence electrons. The standard InChI is InChI=1S/C22H40N4O/c1-18(2)20-4-6-21(7-5-20)25-12-14-26(15-13-25)22(23-3)24-11-8-19-9-16-27-17-10-19/h9,18,20-21H,4-8,10-17H2,1-3H3,(H,23,24). The average molecular weight is 377 g/mol. The SMILES string of the molecule is CN=C(NCCC1=CCOCC1)N1CCN(C2CCC(C(C)C)CC2)CC1. The molecule has 2 aliphatic heterocycles. The highest BCUT2D eigenvalue weighted by Crippen LogP contribution is 2.32. The zero-order valence-corrected chi connectivity index (χ0v) is 17.8. The summed E-state index contributed by atoms with van der Waals surface area (Å²) in [5.74, 6) is 2.89. The predicted octanol–water partition coefficient (Wildman–Crippen LogP) is 3.13. The van der Waals surface area contributed by atoms with Gasteiger partial charge in [-0.15, -0.1) is 0 Å². The Morgan fingerprint density at radius 1 is 1.19 bits per heavy atom. The molecule has 0 aromatic rings. The summed E-state index contributed by atoms with van der Waals surface area (Å²) in [6.07, 6.45) is 10.1. The van der Waals surface area contributed by atoms with Crippen molar-refractivity contribution >= 4 is 5.96 Å². The Morgan fingerprint density at radius 3 is 2.52 bits per heavy atom. The van der Waals surface area contributed by atoms with Crippen LogP contribution in [0.3, 0.4) is 0 Å². The van der Waals surface area contributed by atoms with Gasteiger partial charge in [-0.3, -0.25) is 9.89 Å². The highest BCUT2D eigenvalue weighted by Gasteiger charge is 2.29. The smallest absolute Gasteiger partial charge is 0.193 e. The quantitative estimate of drug-likeness (QED) is 0.455. The first-order valence-corrected chi connectivity index (χ1v) is 11.1. The number of nitrogens with zero attached hydrogens (tertiary/aromatic N) is 3. The molecule has 0 spiro atoms. The molecule has 1 saturated heterocycles. The van der Waals surface area contributed by atoms with Gasteiger partial charge in [0.25, 0.3) is 0 Å². The maximum atomic E-state index is 5.39. The van der Waals surface area contributed by atoms with Crippen molar-refractivity contribution in [3.8, 4) is 0 Å². The van der Waals surface area contributed by atoms with E-state index < -0.39 is 0 Å². The Hall–Kier alpha value is -1.07. The van der Waals surface area contributed by atoms with E-state index in [1.807, 2.05) is 7.05 Å². The molecular formula is C22H40N4O. The summed E-state index contributed by atoms with van der Waals surface area (Å²) in [6.45, 7) is 12.0. The monoisotopic (exact) mass is 376 g/mol. The lowest BCUT2D eigenvalue weighted by molar-refractivity contribution is 0.0864. The molecule has 0 bridgehead atoms. The van der Waals surface area contributed by atoms with Crippen LogP contribution in [0.5, 0.6) is 0 Å². The van der Waals surface area contributed by atoms with Crippen LogP contribution in [0, 0.1) is 11.8 Å². The van der Waals surface area contributed by atoms with Gasteiger partial charge in [-0.1, -0.05) is 25.5 Å². The summed E-state index contributed by atoms with van der Waals surface area (Å²) in [6, 6.07) is 0.817. The average Bonchev–Trinajstić information content (AvgIpc) is 2.72. The van der Waals surface area contributed by atoms with Crippen LogP contribution in [0.2, 0.25) is 0 Å². The molecule has 5 heteroatoms. The largest absolute Gasteiger partial charge is 0.377 e. The summed E-state index contributed by atoms with van der Waals surface area (Å²) in [5.41, 5.74) is 1.52. The zero-order valence-electron chi connectivity index (χ0n) is 17.8. The van der Waals surface area contributed by atoms with Crippen molar-refractivity contribution in [2.75, 3.05) is 53.0 Å². The Morgan fingerprint density at radius 2 is 1.93 bits per heavy atom. The van der Waals surface area contributed by atoms with Crippen molar-refractivity contribution in [3.05, 3.63) is 11.6 Å². The fraction of sp³-hybridized carbons (Fsp3) is 0.864.